The van der Waals surface area contributed by atoms with E-state index in [2.05, 4.69) is 15.6 Å². The molecule has 1 heterocycles. The molecule has 0 saturated heterocycles. The summed E-state index contributed by atoms with van der Waals surface area (Å²) in [5, 5.41) is 22.0. The van der Waals surface area contributed by atoms with E-state index in [0.29, 0.717) is 17.1 Å². The highest BCUT2D eigenvalue weighted by Gasteiger charge is 2.19. The number of carboxylic acid groups (broad SMARTS) is 1. The summed E-state index contributed by atoms with van der Waals surface area (Å²) in [5.74, 6) is -1.73. The maximum absolute atomic E-state index is 12.6. The van der Waals surface area contributed by atoms with Crippen molar-refractivity contribution in [2.24, 2.45) is 0 Å². The van der Waals surface area contributed by atoms with Crippen LogP contribution in [-0.2, 0) is 0 Å². The molecule has 1 aromatic heterocycles. The van der Waals surface area contributed by atoms with E-state index >= 15 is 0 Å². The van der Waals surface area contributed by atoms with Crippen molar-refractivity contribution < 1.29 is 14.7 Å². The van der Waals surface area contributed by atoms with Crippen LogP contribution >= 0.6 is 0 Å². The molecule has 0 saturated carbocycles. The second-order valence-corrected chi connectivity index (χ2v) is 6.01. The number of anilines is 1. The van der Waals surface area contributed by atoms with E-state index in [1.807, 2.05) is 32.0 Å². The molecular weight excluding hydrogens is 332 g/mol. The first kappa shape index (κ1) is 17.3. The van der Waals surface area contributed by atoms with E-state index in [9.17, 15) is 14.7 Å². The van der Waals surface area contributed by atoms with Crippen LogP contribution in [0.15, 0.2) is 42.5 Å². The highest BCUT2D eigenvalue weighted by atomic mass is 16.4. The number of aryl methyl sites for hydroxylation is 2. The molecule has 3 aromatic rings. The predicted octanol–water partition coefficient (Wildman–Crippen LogP) is 1.81. The summed E-state index contributed by atoms with van der Waals surface area (Å²) in [4.78, 5) is 23.9. The summed E-state index contributed by atoms with van der Waals surface area (Å²) in [6.07, 6.45) is 0. The third kappa shape index (κ3) is 3.19. The Balaban J connectivity index is 1.94. The fourth-order valence-corrected chi connectivity index (χ4v) is 2.73. The number of benzene rings is 2. The maximum Gasteiger partial charge on any atom is 0.278 e. The van der Waals surface area contributed by atoms with Crippen molar-refractivity contribution in [1.82, 2.24) is 15.0 Å². The van der Waals surface area contributed by atoms with E-state index in [-0.39, 0.29) is 11.3 Å². The van der Waals surface area contributed by atoms with Gasteiger partial charge in [0.1, 0.15) is 0 Å². The zero-order valence-corrected chi connectivity index (χ0v) is 14.6. The Kier molecular flexibility index (Phi) is 4.53. The van der Waals surface area contributed by atoms with Crippen LogP contribution < -0.4 is 10.4 Å². The number of hydrogen-bond acceptors (Lipinski definition) is 5. The van der Waals surface area contributed by atoms with Gasteiger partial charge in [-0.3, -0.25) is 4.79 Å². The topological polar surface area (TPSA) is 99.9 Å². The maximum atomic E-state index is 12.6. The van der Waals surface area contributed by atoms with Gasteiger partial charge in [-0.05, 0) is 38.5 Å². The molecule has 7 nitrogen and oxygen atoms in total. The summed E-state index contributed by atoms with van der Waals surface area (Å²) >= 11 is 0. The smallest absolute Gasteiger partial charge is 0.278 e. The largest absolute Gasteiger partial charge is 0.545 e. The number of carbonyl (C=O) groups excluding carboxylic acids is 2. The van der Waals surface area contributed by atoms with Crippen molar-refractivity contribution in [3.63, 3.8) is 0 Å². The average Bonchev–Trinajstić information content (AvgIpc) is 2.98. The van der Waals surface area contributed by atoms with E-state index < -0.39 is 11.9 Å². The number of carbonyl (C=O) groups is 2. The minimum Gasteiger partial charge on any atom is -0.545 e. The van der Waals surface area contributed by atoms with Crippen LogP contribution in [0.3, 0.4) is 0 Å². The Morgan fingerprint density at radius 3 is 2.50 bits per heavy atom. The van der Waals surface area contributed by atoms with Gasteiger partial charge in [-0.1, -0.05) is 41.1 Å². The molecule has 0 bridgehead atoms. The third-order valence-corrected chi connectivity index (χ3v) is 4.09. The van der Waals surface area contributed by atoms with Gasteiger partial charge in [0, 0.05) is 11.3 Å². The van der Waals surface area contributed by atoms with E-state index in [1.54, 1.807) is 25.1 Å². The van der Waals surface area contributed by atoms with Gasteiger partial charge in [-0.2, -0.15) is 0 Å². The SMILES string of the molecule is Cc1ccc(NC(=O)c2nnn(-c3ccccc3C(=O)[O-])c2C)c(C)c1. The molecule has 0 aliphatic heterocycles. The second kappa shape index (κ2) is 6.79. The lowest BCUT2D eigenvalue weighted by molar-refractivity contribution is -0.255. The normalized spacial score (nSPS) is 10.6. The quantitative estimate of drug-likeness (QED) is 0.774. The predicted molar refractivity (Wildman–Crippen MR) is 94.3 cm³/mol. The van der Waals surface area contributed by atoms with Crippen LogP contribution in [0.25, 0.3) is 5.69 Å². The molecule has 26 heavy (non-hydrogen) atoms. The van der Waals surface area contributed by atoms with Crippen LogP contribution in [0.5, 0.6) is 0 Å². The molecule has 7 heteroatoms. The lowest BCUT2D eigenvalue weighted by atomic mass is 10.1. The number of aromatic carboxylic acids is 1. The van der Waals surface area contributed by atoms with Gasteiger partial charge >= 0.3 is 0 Å². The first-order valence-corrected chi connectivity index (χ1v) is 8.00. The monoisotopic (exact) mass is 349 g/mol. The molecule has 0 radical (unpaired) electrons. The molecule has 1 N–H and O–H groups in total. The number of nitrogens with one attached hydrogen (secondary N) is 1. The van der Waals surface area contributed by atoms with Gasteiger partial charge in [-0.25, -0.2) is 4.68 Å². The summed E-state index contributed by atoms with van der Waals surface area (Å²) in [6.45, 7) is 5.54. The number of hydrogen-bond donors (Lipinski definition) is 1. The van der Waals surface area contributed by atoms with Crippen LogP contribution in [0.2, 0.25) is 0 Å². The summed E-state index contributed by atoms with van der Waals surface area (Å²) in [5.41, 5.74) is 3.54. The molecule has 0 aliphatic rings. The molecule has 0 unspecified atom stereocenters. The van der Waals surface area contributed by atoms with Crippen molar-refractivity contribution in [2.75, 3.05) is 5.32 Å². The Morgan fingerprint density at radius 1 is 1.08 bits per heavy atom. The van der Waals surface area contributed by atoms with Crippen molar-refractivity contribution in [3.05, 3.63) is 70.5 Å². The molecule has 0 fully saturated rings. The first-order valence-electron chi connectivity index (χ1n) is 8.00. The van der Waals surface area contributed by atoms with E-state index in [0.717, 1.165) is 11.1 Å². The number of carboxylic acids is 1. The minimum absolute atomic E-state index is 0.0261. The second-order valence-electron chi connectivity index (χ2n) is 6.01. The molecule has 1 amide bonds. The number of nitrogens with zero attached hydrogens (tertiary/aromatic N) is 3. The van der Waals surface area contributed by atoms with Crippen molar-refractivity contribution in [2.45, 2.75) is 20.8 Å². The Bertz CT molecular complexity index is 1010. The summed E-state index contributed by atoms with van der Waals surface area (Å²) < 4.78 is 1.32. The molecule has 0 aliphatic carbocycles. The molecule has 132 valence electrons. The van der Waals surface area contributed by atoms with Gasteiger partial charge in [-0.15, -0.1) is 5.10 Å². The number of amides is 1. The van der Waals surface area contributed by atoms with Crippen molar-refractivity contribution in [3.8, 4) is 5.69 Å². The molecule has 0 spiro atoms. The summed E-state index contributed by atoms with van der Waals surface area (Å²) in [7, 11) is 0. The fraction of sp³-hybridized carbons (Fsp3) is 0.158. The molecule has 0 atom stereocenters. The first-order chi connectivity index (χ1) is 12.4. The minimum atomic E-state index is -1.32. The van der Waals surface area contributed by atoms with E-state index in [1.165, 1.54) is 10.7 Å². The number of rotatable bonds is 4. The van der Waals surface area contributed by atoms with Crippen LogP contribution in [0, 0.1) is 20.8 Å². The van der Waals surface area contributed by atoms with Gasteiger partial charge < -0.3 is 15.2 Å². The highest BCUT2D eigenvalue weighted by molar-refractivity contribution is 6.04. The van der Waals surface area contributed by atoms with Crippen LogP contribution in [0.4, 0.5) is 5.69 Å². The Morgan fingerprint density at radius 2 is 1.81 bits per heavy atom. The van der Waals surface area contributed by atoms with Gasteiger partial charge in [0.15, 0.2) is 5.69 Å². The molecule has 3 rings (SSSR count). The lowest BCUT2D eigenvalue weighted by Gasteiger charge is -2.11. The zero-order chi connectivity index (χ0) is 18.8. The van der Waals surface area contributed by atoms with E-state index in [4.69, 9.17) is 0 Å². The van der Waals surface area contributed by atoms with Crippen molar-refractivity contribution >= 4 is 17.6 Å². The highest BCUT2D eigenvalue weighted by Crippen LogP contribution is 2.19. The van der Waals surface area contributed by atoms with Crippen LogP contribution in [0.1, 0.15) is 37.7 Å². The molecular formula is C19H17N4O3-. The third-order valence-electron chi connectivity index (χ3n) is 4.09. The van der Waals surface area contributed by atoms with Crippen LogP contribution in [-0.4, -0.2) is 26.9 Å². The van der Waals surface area contributed by atoms with Crippen molar-refractivity contribution in [1.29, 1.82) is 0 Å². The fourth-order valence-electron chi connectivity index (χ4n) is 2.73. The zero-order valence-electron chi connectivity index (χ0n) is 14.6. The number of aromatic nitrogens is 3. The standard InChI is InChI=1S/C19H18N4O3/c1-11-8-9-15(12(2)10-11)20-18(24)17-13(3)23(22-21-17)16-7-5-4-6-14(16)19(25)26/h4-10H,1-3H3,(H,20,24)(H,25,26)/p-1. The summed E-state index contributed by atoms with van der Waals surface area (Å²) in [6, 6.07) is 12.0. The number of para-hydroxylation sites is 1. The van der Waals surface area contributed by atoms with Gasteiger partial charge in [0.25, 0.3) is 5.91 Å². The average molecular weight is 349 g/mol. The Hall–Kier alpha value is -3.48. The lowest BCUT2D eigenvalue weighted by Crippen LogP contribution is -2.24. The molecule has 2 aromatic carbocycles. The van der Waals surface area contributed by atoms with Gasteiger partial charge in [0.2, 0.25) is 0 Å². The van der Waals surface area contributed by atoms with Gasteiger partial charge in [0.05, 0.1) is 17.4 Å². The Labute approximate surface area is 150 Å².